The summed E-state index contributed by atoms with van der Waals surface area (Å²) in [5.41, 5.74) is 0. The van der Waals surface area contributed by atoms with E-state index in [4.69, 9.17) is 4.74 Å². The molecule has 0 N–H and O–H groups in total. The molecule has 0 aromatic rings. The Bertz CT molecular complexity index is 180. The highest BCUT2D eigenvalue weighted by molar-refractivity contribution is 4.76. The second-order valence-electron chi connectivity index (χ2n) is 5.07. The summed E-state index contributed by atoms with van der Waals surface area (Å²) < 4.78 is 5.82. The summed E-state index contributed by atoms with van der Waals surface area (Å²) in [6, 6.07) is 0. The first-order chi connectivity index (χ1) is 7.86. The third-order valence-corrected chi connectivity index (χ3v) is 3.60. The van der Waals surface area contributed by atoms with E-state index in [0.29, 0.717) is 6.10 Å². The molecule has 0 saturated heterocycles. The number of allylic oxidation sites excluding steroid dienone is 1. The SMILES string of the molecule is CCCC=COC(CC)CC1CCCCC1. The Labute approximate surface area is 101 Å². The summed E-state index contributed by atoms with van der Waals surface area (Å²) in [4.78, 5) is 0. The van der Waals surface area contributed by atoms with Crippen LogP contribution in [0, 0.1) is 5.92 Å². The molecule has 1 atom stereocenters. The molecule has 1 rings (SSSR count). The number of unbranched alkanes of at least 4 members (excludes halogenated alkanes) is 1. The van der Waals surface area contributed by atoms with E-state index in [1.807, 2.05) is 6.26 Å². The summed E-state index contributed by atoms with van der Waals surface area (Å²) in [5.74, 6) is 0.929. The molecule has 16 heavy (non-hydrogen) atoms. The van der Waals surface area contributed by atoms with E-state index in [-0.39, 0.29) is 0 Å². The van der Waals surface area contributed by atoms with Crippen LogP contribution in [0.15, 0.2) is 12.3 Å². The maximum Gasteiger partial charge on any atom is 0.0978 e. The Morgan fingerprint density at radius 3 is 2.56 bits per heavy atom. The van der Waals surface area contributed by atoms with Gasteiger partial charge in [0.1, 0.15) is 0 Å². The van der Waals surface area contributed by atoms with E-state index in [9.17, 15) is 0 Å². The summed E-state index contributed by atoms with van der Waals surface area (Å²) in [6.07, 6.45) is 16.5. The minimum atomic E-state index is 0.455. The lowest BCUT2D eigenvalue weighted by Gasteiger charge is -2.25. The Hall–Kier alpha value is -0.460. The first kappa shape index (κ1) is 13.6. The van der Waals surface area contributed by atoms with Crippen molar-refractivity contribution in [2.24, 2.45) is 5.92 Å². The molecule has 0 amide bonds. The number of hydrogen-bond acceptors (Lipinski definition) is 1. The maximum absolute atomic E-state index is 5.82. The molecule has 1 saturated carbocycles. The molecule has 0 radical (unpaired) electrons. The summed E-state index contributed by atoms with van der Waals surface area (Å²) in [5, 5.41) is 0. The van der Waals surface area contributed by atoms with Crippen LogP contribution in [0.4, 0.5) is 0 Å². The van der Waals surface area contributed by atoms with Gasteiger partial charge in [0, 0.05) is 0 Å². The van der Waals surface area contributed by atoms with Gasteiger partial charge in [-0.1, -0.05) is 52.4 Å². The van der Waals surface area contributed by atoms with E-state index >= 15 is 0 Å². The highest BCUT2D eigenvalue weighted by atomic mass is 16.5. The van der Waals surface area contributed by atoms with Crippen molar-refractivity contribution in [1.82, 2.24) is 0 Å². The van der Waals surface area contributed by atoms with Crippen molar-refractivity contribution in [2.45, 2.75) is 77.7 Å². The maximum atomic E-state index is 5.82. The van der Waals surface area contributed by atoms with E-state index in [2.05, 4.69) is 19.9 Å². The van der Waals surface area contributed by atoms with Gasteiger partial charge >= 0.3 is 0 Å². The molecule has 0 aromatic carbocycles. The quantitative estimate of drug-likeness (QED) is 0.549. The summed E-state index contributed by atoms with van der Waals surface area (Å²) >= 11 is 0. The van der Waals surface area contributed by atoms with Gasteiger partial charge in [-0.25, -0.2) is 0 Å². The molecule has 1 nitrogen and oxygen atoms in total. The third-order valence-electron chi connectivity index (χ3n) is 3.60. The van der Waals surface area contributed by atoms with Gasteiger partial charge in [-0.3, -0.25) is 0 Å². The van der Waals surface area contributed by atoms with Crippen molar-refractivity contribution in [2.75, 3.05) is 0 Å². The van der Waals surface area contributed by atoms with Gasteiger partial charge in [0.2, 0.25) is 0 Å². The fraction of sp³-hybridized carbons (Fsp3) is 0.867. The lowest BCUT2D eigenvalue weighted by atomic mass is 9.85. The number of rotatable bonds is 7. The van der Waals surface area contributed by atoms with Gasteiger partial charge in [-0.15, -0.1) is 0 Å². The van der Waals surface area contributed by atoms with Gasteiger partial charge in [0.15, 0.2) is 0 Å². The van der Waals surface area contributed by atoms with E-state index in [1.165, 1.54) is 44.9 Å². The average molecular weight is 224 g/mol. The molecule has 0 spiro atoms. The lowest BCUT2D eigenvalue weighted by molar-refractivity contribution is 0.104. The third kappa shape index (κ3) is 5.58. The van der Waals surface area contributed by atoms with Crippen molar-refractivity contribution in [3.05, 3.63) is 12.3 Å². The highest BCUT2D eigenvalue weighted by Gasteiger charge is 2.17. The average Bonchev–Trinajstić information content (AvgIpc) is 2.34. The van der Waals surface area contributed by atoms with Gasteiger partial charge in [-0.05, 0) is 31.3 Å². The zero-order valence-corrected chi connectivity index (χ0v) is 11.1. The number of ether oxygens (including phenoxy) is 1. The molecule has 1 aliphatic carbocycles. The van der Waals surface area contributed by atoms with Crippen LogP contribution in [0.1, 0.15) is 71.6 Å². The minimum Gasteiger partial charge on any atom is -0.498 e. The fourth-order valence-electron chi connectivity index (χ4n) is 2.51. The minimum absolute atomic E-state index is 0.455. The molecular weight excluding hydrogens is 196 g/mol. The second-order valence-corrected chi connectivity index (χ2v) is 5.07. The zero-order chi connectivity index (χ0) is 11.6. The van der Waals surface area contributed by atoms with Crippen LogP contribution in [0.25, 0.3) is 0 Å². The molecular formula is C15H28O. The molecule has 0 aromatic heterocycles. The zero-order valence-electron chi connectivity index (χ0n) is 11.1. The molecule has 1 unspecified atom stereocenters. The van der Waals surface area contributed by atoms with Crippen molar-refractivity contribution < 1.29 is 4.74 Å². The van der Waals surface area contributed by atoms with Crippen molar-refractivity contribution in [1.29, 1.82) is 0 Å². The molecule has 0 aliphatic heterocycles. The second kappa shape index (κ2) is 8.66. The normalized spacial score (nSPS) is 20.1. The van der Waals surface area contributed by atoms with Gasteiger partial charge < -0.3 is 4.74 Å². The van der Waals surface area contributed by atoms with Crippen LogP contribution in [-0.2, 0) is 4.74 Å². The molecule has 1 heteroatoms. The van der Waals surface area contributed by atoms with Crippen molar-refractivity contribution in [3.63, 3.8) is 0 Å². The van der Waals surface area contributed by atoms with Crippen LogP contribution < -0.4 is 0 Å². The van der Waals surface area contributed by atoms with E-state index in [1.54, 1.807) is 0 Å². The smallest absolute Gasteiger partial charge is 0.0978 e. The fourth-order valence-corrected chi connectivity index (χ4v) is 2.51. The first-order valence-corrected chi connectivity index (χ1v) is 7.17. The largest absolute Gasteiger partial charge is 0.498 e. The molecule has 94 valence electrons. The molecule has 0 bridgehead atoms. The van der Waals surface area contributed by atoms with Gasteiger partial charge in [-0.2, -0.15) is 0 Å². The van der Waals surface area contributed by atoms with Crippen molar-refractivity contribution in [3.8, 4) is 0 Å². The van der Waals surface area contributed by atoms with Gasteiger partial charge in [0.25, 0.3) is 0 Å². The molecule has 1 fully saturated rings. The topological polar surface area (TPSA) is 9.23 Å². The van der Waals surface area contributed by atoms with E-state index in [0.717, 1.165) is 18.8 Å². The molecule has 1 aliphatic rings. The monoisotopic (exact) mass is 224 g/mol. The summed E-state index contributed by atoms with van der Waals surface area (Å²) in [6.45, 7) is 4.44. The van der Waals surface area contributed by atoms with E-state index < -0.39 is 0 Å². The molecule has 0 heterocycles. The number of hydrogen-bond donors (Lipinski definition) is 0. The van der Waals surface area contributed by atoms with Gasteiger partial charge in [0.05, 0.1) is 12.4 Å². The standard InChI is InChI=1S/C15H28O/c1-3-5-9-12-16-15(4-2)13-14-10-7-6-8-11-14/h9,12,14-15H,3-8,10-11,13H2,1-2H3. The predicted molar refractivity (Wildman–Crippen MR) is 70.4 cm³/mol. The van der Waals surface area contributed by atoms with Crippen molar-refractivity contribution >= 4 is 0 Å². The Morgan fingerprint density at radius 2 is 1.94 bits per heavy atom. The summed E-state index contributed by atoms with van der Waals surface area (Å²) in [7, 11) is 0. The van der Waals surface area contributed by atoms with Crippen LogP contribution in [0.2, 0.25) is 0 Å². The Morgan fingerprint density at radius 1 is 1.19 bits per heavy atom. The Kier molecular flexibility index (Phi) is 7.37. The first-order valence-electron chi connectivity index (χ1n) is 7.17. The predicted octanol–water partition coefficient (Wildman–Crippen LogP) is 5.07. The van der Waals surface area contributed by atoms with Crippen LogP contribution in [-0.4, -0.2) is 6.10 Å². The van der Waals surface area contributed by atoms with Crippen LogP contribution >= 0.6 is 0 Å². The van der Waals surface area contributed by atoms with Crippen LogP contribution in [0.5, 0.6) is 0 Å². The lowest BCUT2D eigenvalue weighted by Crippen LogP contribution is -2.17. The highest BCUT2D eigenvalue weighted by Crippen LogP contribution is 2.28. The van der Waals surface area contributed by atoms with Crippen LogP contribution in [0.3, 0.4) is 0 Å². The Balaban J connectivity index is 2.19.